The molecule has 1 aliphatic heterocycles. The van der Waals surface area contributed by atoms with Crippen molar-refractivity contribution in [2.24, 2.45) is 4.99 Å². The number of para-hydroxylation sites is 1. The van der Waals surface area contributed by atoms with Crippen molar-refractivity contribution in [3.8, 4) is 0 Å². The molecule has 174 valence electrons. The van der Waals surface area contributed by atoms with Crippen LogP contribution in [0.4, 0.5) is 17.1 Å². The zero-order valence-corrected chi connectivity index (χ0v) is 19.6. The lowest BCUT2D eigenvalue weighted by Gasteiger charge is -2.17. The molecule has 3 rings (SSSR count). The maximum absolute atomic E-state index is 13.1. The zero-order chi connectivity index (χ0) is 24.0. The Labute approximate surface area is 196 Å². The maximum Gasteiger partial charge on any atom is 0.271 e. The van der Waals surface area contributed by atoms with E-state index in [0.29, 0.717) is 30.4 Å². The highest BCUT2D eigenvalue weighted by Crippen LogP contribution is 2.34. The third-order valence-corrected chi connectivity index (χ3v) is 6.28. The highest BCUT2D eigenvalue weighted by Gasteiger charge is 2.39. The van der Waals surface area contributed by atoms with Gasteiger partial charge >= 0.3 is 0 Å². The van der Waals surface area contributed by atoms with Crippen molar-refractivity contribution >= 4 is 45.8 Å². The monoisotopic (exact) mass is 470 g/mol. The molecule has 0 aromatic heterocycles. The fourth-order valence-electron chi connectivity index (χ4n) is 3.45. The SMILES string of the molecule is COCCCN1C(=O)C(CC(=O)Nc2cccc([N+](=O)[O-])c2)SC1=Nc1c(C)cccc1C. The Hall–Kier alpha value is -3.24. The number of rotatable bonds is 9. The molecule has 1 N–H and O–H groups in total. The quantitative estimate of drug-likeness (QED) is 0.334. The summed E-state index contributed by atoms with van der Waals surface area (Å²) in [7, 11) is 1.60. The number of amidine groups is 1. The van der Waals surface area contributed by atoms with Gasteiger partial charge in [-0.2, -0.15) is 0 Å². The van der Waals surface area contributed by atoms with Crippen molar-refractivity contribution in [3.05, 3.63) is 63.7 Å². The van der Waals surface area contributed by atoms with Crippen LogP contribution in [0.25, 0.3) is 0 Å². The third kappa shape index (κ3) is 6.17. The molecule has 1 atom stereocenters. The molecule has 33 heavy (non-hydrogen) atoms. The lowest BCUT2D eigenvalue weighted by atomic mass is 10.1. The molecule has 0 saturated carbocycles. The van der Waals surface area contributed by atoms with E-state index in [-0.39, 0.29) is 18.0 Å². The summed E-state index contributed by atoms with van der Waals surface area (Å²) >= 11 is 1.26. The Bertz CT molecular complexity index is 1070. The first-order chi connectivity index (χ1) is 15.8. The van der Waals surface area contributed by atoms with E-state index in [4.69, 9.17) is 9.73 Å². The smallest absolute Gasteiger partial charge is 0.271 e. The largest absolute Gasteiger partial charge is 0.385 e. The Morgan fingerprint density at radius 1 is 1.24 bits per heavy atom. The van der Waals surface area contributed by atoms with Gasteiger partial charge in [0.05, 0.1) is 10.6 Å². The van der Waals surface area contributed by atoms with Crippen LogP contribution >= 0.6 is 11.8 Å². The fourth-order valence-corrected chi connectivity index (χ4v) is 4.62. The summed E-state index contributed by atoms with van der Waals surface area (Å²) in [5, 5.41) is 13.5. The Morgan fingerprint density at radius 3 is 2.61 bits per heavy atom. The zero-order valence-electron chi connectivity index (χ0n) is 18.7. The molecular weight excluding hydrogens is 444 g/mol. The molecular formula is C23H26N4O5S. The van der Waals surface area contributed by atoms with E-state index < -0.39 is 16.1 Å². The average Bonchev–Trinajstić information content (AvgIpc) is 3.05. The van der Waals surface area contributed by atoms with E-state index in [0.717, 1.165) is 16.8 Å². The number of aryl methyl sites for hydroxylation is 2. The van der Waals surface area contributed by atoms with Crippen molar-refractivity contribution in [2.45, 2.75) is 31.9 Å². The number of nitro benzene ring substituents is 1. The predicted molar refractivity (Wildman–Crippen MR) is 129 cm³/mol. The molecule has 0 radical (unpaired) electrons. The number of carbonyl (C=O) groups is 2. The van der Waals surface area contributed by atoms with E-state index in [1.165, 1.54) is 30.0 Å². The molecule has 0 spiro atoms. The van der Waals surface area contributed by atoms with E-state index >= 15 is 0 Å². The molecule has 1 heterocycles. The van der Waals surface area contributed by atoms with E-state index in [2.05, 4.69) is 5.32 Å². The lowest BCUT2D eigenvalue weighted by molar-refractivity contribution is -0.384. The second-order valence-corrected chi connectivity index (χ2v) is 8.81. The first kappa shape index (κ1) is 24.4. The van der Waals surface area contributed by atoms with Gasteiger partial charge in [0.25, 0.3) is 5.69 Å². The highest BCUT2D eigenvalue weighted by atomic mass is 32.2. The average molecular weight is 471 g/mol. The Balaban J connectivity index is 1.78. The number of ether oxygens (including phenoxy) is 1. The van der Waals surface area contributed by atoms with Gasteiger partial charge in [0.15, 0.2) is 5.17 Å². The number of methoxy groups -OCH3 is 1. The number of carbonyl (C=O) groups excluding carboxylic acids is 2. The van der Waals surface area contributed by atoms with Gasteiger partial charge in [-0.05, 0) is 37.5 Å². The van der Waals surface area contributed by atoms with Crippen molar-refractivity contribution in [3.63, 3.8) is 0 Å². The number of benzene rings is 2. The number of nitro groups is 1. The van der Waals surface area contributed by atoms with Crippen LogP contribution in [-0.2, 0) is 14.3 Å². The molecule has 2 aromatic rings. The molecule has 1 unspecified atom stereocenters. The summed E-state index contributed by atoms with van der Waals surface area (Å²) < 4.78 is 5.12. The lowest BCUT2D eigenvalue weighted by Crippen LogP contribution is -2.34. The van der Waals surface area contributed by atoms with Crippen LogP contribution in [0, 0.1) is 24.0 Å². The number of thioether (sulfide) groups is 1. The molecule has 2 amide bonds. The summed E-state index contributed by atoms with van der Waals surface area (Å²) in [5.74, 6) is -0.582. The minimum atomic E-state index is -0.630. The van der Waals surface area contributed by atoms with Crippen molar-refractivity contribution in [1.82, 2.24) is 4.90 Å². The van der Waals surface area contributed by atoms with Gasteiger partial charge in [-0.1, -0.05) is 36.0 Å². The van der Waals surface area contributed by atoms with Crippen LogP contribution in [0.1, 0.15) is 24.0 Å². The maximum atomic E-state index is 13.1. The van der Waals surface area contributed by atoms with Gasteiger partial charge in [0.2, 0.25) is 11.8 Å². The van der Waals surface area contributed by atoms with Crippen LogP contribution in [0.15, 0.2) is 47.5 Å². The van der Waals surface area contributed by atoms with Crippen LogP contribution < -0.4 is 5.32 Å². The van der Waals surface area contributed by atoms with Crippen LogP contribution in [0.2, 0.25) is 0 Å². The van der Waals surface area contributed by atoms with Gasteiger partial charge in [-0.15, -0.1) is 0 Å². The standard InChI is InChI=1S/C23H26N4O5S/c1-15-7-4-8-16(2)21(15)25-23-26(11-6-12-32-3)22(29)19(33-23)14-20(28)24-17-9-5-10-18(13-17)27(30)31/h4-5,7-10,13,19H,6,11-12,14H2,1-3H3,(H,24,28). The fraction of sp³-hybridized carbons (Fsp3) is 0.348. The van der Waals surface area contributed by atoms with Gasteiger partial charge in [0.1, 0.15) is 5.25 Å². The number of nitrogens with zero attached hydrogens (tertiary/aromatic N) is 3. The summed E-state index contributed by atoms with van der Waals surface area (Å²) in [5.41, 5.74) is 3.00. The van der Waals surface area contributed by atoms with Gasteiger partial charge in [-0.25, -0.2) is 4.99 Å². The second kappa shape index (κ2) is 11.1. The first-order valence-electron chi connectivity index (χ1n) is 10.5. The molecule has 2 aromatic carbocycles. The van der Waals surface area contributed by atoms with E-state index in [1.54, 1.807) is 18.1 Å². The minimum absolute atomic E-state index is 0.0707. The van der Waals surface area contributed by atoms with Gasteiger partial charge in [-0.3, -0.25) is 24.6 Å². The molecule has 10 heteroatoms. The summed E-state index contributed by atoms with van der Waals surface area (Å²) in [4.78, 5) is 42.5. The molecule has 1 fully saturated rings. The van der Waals surface area contributed by atoms with Crippen LogP contribution in [-0.4, -0.2) is 52.3 Å². The summed E-state index contributed by atoms with van der Waals surface area (Å²) in [6.45, 7) is 4.87. The second-order valence-electron chi connectivity index (χ2n) is 7.64. The number of hydrogen-bond donors (Lipinski definition) is 1. The van der Waals surface area contributed by atoms with Gasteiger partial charge < -0.3 is 10.1 Å². The van der Waals surface area contributed by atoms with E-state index in [9.17, 15) is 19.7 Å². The number of non-ortho nitro benzene ring substituents is 1. The minimum Gasteiger partial charge on any atom is -0.385 e. The molecule has 0 aliphatic carbocycles. The topological polar surface area (TPSA) is 114 Å². The normalized spacial score (nSPS) is 16.9. The van der Waals surface area contributed by atoms with E-state index in [1.807, 2.05) is 32.0 Å². The van der Waals surface area contributed by atoms with Gasteiger partial charge in [0, 0.05) is 44.5 Å². The van der Waals surface area contributed by atoms with Crippen molar-refractivity contribution in [1.29, 1.82) is 0 Å². The highest BCUT2D eigenvalue weighted by molar-refractivity contribution is 8.15. The Kier molecular flexibility index (Phi) is 8.18. The third-order valence-electron chi connectivity index (χ3n) is 5.11. The molecule has 1 saturated heterocycles. The number of hydrogen-bond acceptors (Lipinski definition) is 7. The number of amides is 2. The number of nitrogens with one attached hydrogen (secondary N) is 1. The number of aliphatic imine (C=N–C) groups is 1. The molecule has 9 nitrogen and oxygen atoms in total. The van der Waals surface area contributed by atoms with Crippen LogP contribution in [0.3, 0.4) is 0 Å². The van der Waals surface area contributed by atoms with Crippen molar-refractivity contribution < 1.29 is 19.2 Å². The molecule has 0 bridgehead atoms. The molecule has 1 aliphatic rings. The first-order valence-corrected chi connectivity index (χ1v) is 11.3. The summed E-state index contributed by atoms with van der Waals surface area (Å²) in [6, 6.07) is 11.6. The number of anilines is 1. The summed E-state index contributed by atoms with van der Waals surface area (Å²) in [6.07, 6.45) is 0.569. The van der Waals surface area contributed by atoms with Crippen LogP contribution in [0.5, 0.6) is 0 Å². The Morgan fingerprint density at radius 2 is 1.94 bits per heavy atom. The predicted octanol–water partition coefficient (Wildman–Crippen LogP) is 4.21. The van der Waals surface area contributed by atoms with Crippen molar-refractivity contribution in [2.75, 3.05) is 25.6 Å².